The van der Waals surface area contributed by atoms with E-state index in [1.165, 1.54) is 32.1 Å². The Hall–Kier alpha value is -1.52. The van der Waals surface area contributed by atoms with E-state index < -0.39 is 5.97 Å². The van der Waals surface area contributed by atoms with Gasteiger partial charge in [0.15, 0.2) is 0 Å². The fourth-order valence-corrected chi connectivity index (χ4v) is 5.63. The minimum atomic E-state index is -0.432. The summed E-state index contributed by atoms with van der Waals surface area (Å²) in [5.74, 6) is 2.31. The Kier molecular flexibility index (Phi) is 5.40. The highest BCUT2D eigenvalue weighted by molar-refractivity contribution is 5.86. The highest BCUT2D eigenvalue weighted by atomic mass is 16.6. The predicted octanol–water partition coefficient (Wildman–Crippen LogP) is 3.83. The zero-order valence-electron chi connectivity index (χ0n) is 15.5. The van der Waals surface area contributed by atoms with Gasteiger partial charge in [-0.05, 0) is 69.1 Å². The van der Waals surface area contributed by atoms with E-state index in [1.54, 1.807) is 6.92 Å². The molecular weight excluding hydrogens is 318 g/mol. The minimum absolute atomic E-state index is 0.137. The van der Waals surface area contributed by atoms with Crippen LogP contribution < -0.4 is 5.32 Å². The molecule has 25 heavy (non-hydrogen) atoms. The lowest BCUT2D eigenvalue weighted by atomic mass is 9.49. The van der Waals surface area contributed by atoms with Gasteiger partial charge in [-0.3, -0.25) is 0 Å². The van der Waals surface area contributed by atoms with Crippen molar-refractivity contribution in [2.75, 3.05) is 13.2 Å². The normalized spacial score (nSPS) is 35.3. The molecule has 0 aromatic rings. The molecular formula is C20H31NO4. The second-order valence-electron chi connectivity index (χ2n) is 8.24. The number of carbonyl (C=O) groups excluding carboxylic acids is 2. The Morgan fingerprint density at radius 2 is 1.72 bits per heavy atom. The maximum Gasteiger partial charge on any atom is 0.407 e. The second-order valence-corrected chi connectivity index (χ2v) is 8.24. The van der Waals surface area contributed by atoms with Crippen LogP contribution in [0.4, 0.5) is 4.79 Å². The quantitative estimate of drug-likeness (QED) is 0.431. The summed E-state index contributed by atoms with van der Waals surface area (Å²) in [6, 6.07) is 0. The van der Waals surface area contributed by atoms with Crippen molar-refractivity contribution < 1.29 is 19.1 Å². The van der Waals surface area contributed by atoms with Gasteiger partial charge in [0.25, 0.3) is 0 Å². The molecule has 0 radical (unpaired) electrons. The standard InChI is InChI=1S/C20H31NO4/c1-4-5-20(16-9-14-8-15(11-16)12-17(20)10-14)25-19(23)21-6-7-24-18(22)13(2)3/h14-17H,2,4-12H2,1,3H3,(H,21,23). The summed E-state index contributed by atoms with van der Waals surface area (Å²) in [6.45, 7) is 7.71. The summed E-state index contributed by atoms with van der Waals surface area (Å²) in [5, 5.41) is 2.75. The number of alkyl carbamates (subject to hydrolysis) is 1. The third kappa shape index (κ3) is 3.70. The molecule has 4 bridgehead atoms. The van der Waals surface area contributed by atoms with E-state index in [9.17, 15) is 9.59 Å². The molecule has 0 saturated heterocycles. The molecule has 5 nitrogen and oxygen atoms in total. The van der Waals surface area contributed by atoms with E-state index in [-0.39, 0.29) is 24.8 Å². The summed E-state index contributed by atoms with van der Waals surface area (Å²) in [6.07, 6.45) is 7.88. The van der Waals surface area contributed by atoms with Crippen molar-refractivity contribution in [3.05, 3.63) is 12.2 Å². The van der Waals surface area contributed by atoms with Gasteiger partial charge in [-0.25, -0.2) is 9.59 Å². The molecule has 0 heterocycles. The van der Waals surface area contributed by atoms with Gasteiger partial charge in [0.05, 0.1) is 6.54 Å². The number of ether oxygens (including phenoxy) is 2. The van der Waals surface area contributed by atoms with E-state index in [4.69, 9.17) is 9.47 Å². The third-order valence-electron chi connectivity index (χ3n) is 6.40. The Bertz CT molecular complexity index is 514. The largest absolute Gasteiger partial charge is 0.460 e. The summed E-state index contributed by atoms with van der Waals surface area (Å²) in [7, 11) is 0. The molecule has 4 aliphatic rings. The number of nitrogens with one attached hydrogen (secondary N) is 1. The van der Waals surface area contributed by atoms with Gasteiger partial charge in [0, 0.05) is 5.57 Å². The maximum absolute atomic E-state index is 12.4. The molecule has 1 N–H and O–H groups in total. The average molecular weight is 349 g/mol. The highest BCUT2D eigenvalue weighted by Crippen LogP contribution is 2.60. The predicted molar refractivity (Wildman–Crippen MR) is 94.9 cm³/mol. The third-order valence-corrected chi connectivity index (χ3v) is 6.40. The van der Waals surface area contributed by atoms with Crippen LogP contribution in [0.1, 0.15) is 58.8 Å². The Balaban J connectivity index is 1.54. The van der Waals surface area contributed by atoms with Crippen molar-refractivity contribution in [3.63, 3.8) is 0 Å². The first-order valence-corrected chi connectivity index (χ1v) is 9.74. The molecule has 0 atom stereocenters. The van der Waals surface area contributed by atoms with Crippen LogP contribution in [-0.4, -0.2) is 30.8 Å². The Labute approximate surface area is 150 Å². The molecule has 0 aliphatic heterocycles. The van der Waals surface area contributed by atoms with Gasteiger partial charge in [0.2, 0.25) is 0 Å². The number of esters is 1. The molecule has 0 unspecified atom stereocenters. The average Bonchev–Trinajstić information content (AvgIpc) is 2.55. The molecule has 0 spiro atoms. The van der Waals surface area contributed by atoms with Gasteiger partial charge >= 0.3 is 12.1 Å². The van der Waals surface area contributed by atoms with Crippen LogP contribution in [0.2, 0.25) is 0 Å². The lowest BCUT2D eigenvalue weighted by Gasteiger charge is -2.60. The van der Waals surface area contributed by atoms with Crippen LogP contribution in [0.3, 0.4) is 0 Å². The summed E-state index contributed by atoms with van der Waals surface area (Å²) in [4.78, 5) is 23.7. The smallest absolute Gasteiger partial charge is 0.407 e. The van der Waals surface area contributed by atoms with E-state index in [0.717, 1.165) is 24.7 Å². The lowest BCUT2D eigenvalue weighted by molar-refractivity contribution is -0.176. The van der Waals surface area contributed by atoms with Crippen molar-refractivity contribution in [1.82, 2.24) is 5.32 Å². The zero-order chi connectivity index (χ0) is 18.0. The number of hydrogen-bond acceptors (Lipinski definition) is 4. The van der Waals surface area contributed by atoms with Crippen LogP contribution >= 0.6 is 0 Å². The minimum Gasteiger partial charge on any atom is -0.460 e. The fourth-order valence-electron chi connectivity index (χ4n) is 5.63. The molecule has 4 fully saturated rings. The van der Waals surface area contributed by atoms with Crippen molar-refractivity contribution in [1.29, 1.82) is 0 Å². The van der Waals surface area contributed by atoms with Crippen molar-refractivity contribution in [2.24, 2.45) is 23.7 Å². The molecule has 1 amide bonds. The number of carbonyl (C=O) groups is 2. The van der Waals surface area contributed by atoms with Gasteiger partial charge in [-0.1, -0.05) is 19.9 Å². The topological polar surface area (TPSA) is 64.6 Å². The molecule has 0 aromatic carbocycles. The summed E-state index contributed by atoms with van der Waals surface area (Å²) < 4.78 is 11.1. The van der Waals surface area contributed by atoms with Crippen LogP contribution in [0.5, 0.6) is 0 Å². The van der Waals surface area contributed by atoms with Gasteiger partial charge < -0.3 is 14.8 Å². The fraction of sp³-hybridized carbons (Fsp3) is 0.800. The van der Waals surface area contributed by atoms with Crippen LogP contribution in [0.25, 0.3) is 0 Å². The zero-order valence-corrected chi connectivity index (χ0v) is 15.5. The monoisotopic (exact) mass is 349 g/mol. The number of rotatable bonds is 7. The van der Waals surface area contributed by atoms with Gasteiger partial charge in [-0.2, -0.15) is 0 Å². The SMILES string of the molecule is C=C(C)C(=O)OCCNC(=O)OC1(CCC)C2CC3CC(C2)CC1C3. The van der Waals surface area contributed by atoms with Crippen LogP contribution in [-0.2, 0) is 14.3 Å². The molecule has 0 aromatic heterocycles. The van der Waals surface area contributed by atoms with Crippen molar-refractivity contribution >= 4 is 12.1 Å². The molecule has 140 valence electrons. The molecule has 5 heteroatoms. The first kappa shape index (κ1) is 18.3. The van der Waals surface area contributed by atoms with E-state index in [1.807, 2.05) is 0 Å². The Morgan fingerprint density at radius 3 is 2.24 bits per heavy atom. The maximum atomic E-state index is 12.4. The summed E-state index contributed by atoms with van der Waals surface area (Å²) in [5.41, 5.74) is 0.0822. The van der Waals surface area contributed by atoms with E-state index >= 15 is 0 Å². The van der Waals surface area contributed by atoms with Crippen LogP contribution in [0.15, 0.2) is 12.2 Å². The van der Waals surface area contributed by atoms with E-state index in [2.05, 4.69) is 18.8 Å². The van der Waals surface area contributed by atoms with Crippen molar-refractivity contribution in [3.8, 4) is 0 Å². The second kappa shape index (κ2) is 7.38. The van der Waals surface area contributed by atoms with Crippen molar-refractivity contribution in [2.45, 2.75) is 64.4 Å². The molecule has 4 rings (SSSR count). The molecule has 4 saturated carbocycles. The van der Waals surface area contributed by atoms with Gasteiger partial charge in [-0.15, -0.1) is 0 Å². The Morgan fingerprint density at radius 1 is 1.12 bits per heavy atom. The number of hydrogen-bond donors (Lipinski definition) is 1. The van der Waals surface area contributed by atoms with Gasteiger partial charge in [0.1, 0.15) is 12.2 Å². The lowest BCUT2D eigenvalue weighted by Crippen LogP contribution is -2.60. The number of amides is 1. The molecule has 4 aliphatic carbocycles. The first-order valence-electron chi connectivity index (χ1n) is 9.74. The van der Waals surface area contributed by atoms with E-state index in [0.29, 0.717) is 17.4 Å². The summed E-state index contributed by atoms with van der Waals surface area (Å²) >= 11 is 0. The van der Waals surface area contributed by atoms with Crippen LogP contribution in [0, 0.1) is 23.7 Å². The highest BCUT2D eigenvalue weighted by Gasteiger charge is 2.58. The first-order chi connectivity index (χ1) is 11.9.